The lowest BCUT2D eigenvalue weighted by molar-refractivity contribution is 0.688. The maximum Gasteiger partial charge on any atom is 0.258 e. The number of nitrogens with one attached hydrogen (secondary N) is 1. The molecular formula is C19H17N5OS. The molecule has 4 rings (SSSR count). The van der Waals surface area contributed by atoms with Crippen LogP contribution in [0.4, 0.5) is 0 Å². The second kappa shape index (κ2) is 7.13. The maximum absolute atomic E-state index is 12.2. The number of aromatic nitrogens is 5. The van der Waals surface area contributed by atoms with Crippen LogP contribution in [-0.2, 0) is 12.3 Å². The fraction of sp³-hybridized carbons (Fsp3) is 0.158. The molecule has 4 aromatic rings. The van der Waals surface area contributed by atoms with E-state index in [4.69, 9.17) is 0 Å². The van der Waals surface area contributed by atoms with Crippen LogP contribution in [0.2, 0.25) is 0 Å². The van der Waals surface area contributed by atoms with Crippen molar-refractivity contribution in [1.29, 1.82) is 0 Å². The first-order chi connectivity index (χ1) is 12.7. The number of hydrogen-bond acceptors (Lipinski definition) is 5. The molecule has 0 bridgehead atoms. The highest BCUT2D eigenvalue weighted by atomic mass is 32.2. The third-order valence-corrected chi connectivity index (χ3v) is 5.06. The summed E-state index contributed by atoms with van der Waals surface area (Å²) in [6.07, 6.45) is 0. The molecule has 1 N–H and O–H groups in total. The van der Waals surface area contributed by atoms with E-state index < -0.39 is 0 Å². The Bertz CT molecular complexity index is 1100. The highest BCUT2D eigenvalue weighted by Crippen LogP contribution is 2.21. The molecule has 0 spiro atoms. The Balaban J connectivity index is 1.56. The van der Waals surface area contributed by atoms with Gasteiger partial charge in [-0.15, -0.1) is 10.2 Å². The Labute approximate surface area is 154 Å². The average molecular weight is 363 g/mol. The van der Waals surface area contributed by atoms with Gasteiger partial charge >= 0.3 is 0 Å². The van der Waals surface area contributed by atoms with Gasteiger partial charge in [-0.25, -0.2) is 4.98 Å². The normalized spacial score (nSPS) is 11.1. The third kappa shape index (κ3) is 3.39. The van der Waals surface area contributed by atoms with E-state index in [2.05, 4.69) is 36.9 Å². The van der Waals surface area contributed by atoms with Crippen molar-refractivity contribution in [2.45, 2.75) is 24.4 Å². The van der Waals surface area contributed by atoms with Gasteiger partial charge in [0.25, 0.3) is 5.56 Å². The first-order valence-electron chi connectivity index (χ1n) is 8.25. The third-order valence-electron chi connectivity index (χ3n) is 4.09. The smallest absolute Gasteiger partial charge is 0.258 e. The van der Waals surface area contributed by atoms with E-state index >= 15 is 0 Å². The quantitative estimate of drug-likeness (QED) is 0.551. The van der Waals surface area contributed by atoms with Crippen LogP contribution in [0, 0.1) is 6.92 Å². The molecule has 130 valence electrons. The van der Waals surface area contributed by atoms with Crippen LogP contribution < -0.4 is 5.56 Å². The number of benzene rings is 2. The average Bonchev–Trinajstić information content (AvgIpc) is 3.01. The summed E-state index contributed by atoms with van der Waals surface area (Å²) in [5.41, 5.74) is 1.77. The summed E-state index contributed by atoms with van der Waals surface area (Å²) in [4.78, 5) is 19.6. The lowest BCUT2D eigenvalue weighted by atomic mass is 10.2. The summed E-state index contributed by atoms with van der Waals surface area (Å²) >= 11 is 1.51. The fourth-order valence-corrected chi connectivity index (χ4v) is 3.61. The van der Waals surface area contributed by atoms with E-state index in [0.717, 1.165) is 11.0 Å². The Morgan fingerprint density at radius 3 is 2.65 bits per heavy atom. The highest BCUT2D eigenvalue weighted by Gasteiger charge is 2.11. The molecule has 0 radical (unpaired) electrons. The monoisotopic (exact) mass is 363 g/mol. The molecule has 2 heterocycles. The molecule has 0 saturated carbocycles. The summed E-state index contributed by atoms with van der Waals surface area (Å²) in [5.74, 6) is 2.01. The summed E-state index contributed by atoms with van der Waals surface area (Å²) < 4.78 is 2.07. The number of aromatic amines is 1. The van der Waals surface area contributed by atoms with Gasteiger partial charge < -0.3 is 9.55 Å². The van der Waals surface area contributed by atoms with Crippen molar-refractivity contribution in [1.82, 2.24) is 24.7 Å². The van der Waals surface area contributed by atoms with E-state index in [9.17, 15) is 4.79 Å². The summed E-state index contributed by atoms with van der Waals surface area (Å²) in [6, 6.07) is 17.5. The predicted octanol–water partition coefficient (Wildman–Crippen LogP) is 3.16. The Morgan fingerprint density at radius 1 is 1.04 bits per heavy atom. The largest absolute Gasteiger partial charge is 0.309 e. The highest BCUT2D eigenvalue weighted by molar-refractivity contribution is 7.98. The molecule has 6 nitrogen and oxygen atoms in total. The Hall–Kier alpha value is -2.93. The molecule has 0 atom stereocenters. The number of aryl methyl sites for hydroxylation is 1. The lowest BCUT2D eigenvalue weighted by Gasteiger charge is -2.08. The molecule has 7 heteroatoms. The minimum absolute atomic E-state index is 0.117. The lowest BCUT2D eigenvalue weighted by Crippen LogP contribution is -2.11. The van der Waals surface area contributed by atoms with Gasteiger partial charge in [-0.2, -0.15) is 0 Å². The topological polar surface area (TPSA) is 76.5 Å². The van der Waals surface area contributed by atoms with Crippen LogP contribution in [0.3, 0.4) is 0 Å². The van der Waals surface area contributed by atoms with Gasteiger partial charge in [-0.3, -0.25) is 4.79 Å². The minimum Gasteiger partial charge on any atom is -0.309 e. The first-order valence-corrected chi connectivity index (χ1v) is 9.24. The van der Waals surface area contributed by atoms with E-state index in [-0.39, 0.29) is 5.56 Å². The number of thioether (sulfide) groups is 1. The van der Waals surface area contributed by atoms with E-state index in [0.29, 0.717) is 29.0 Å². The molecule has 2 aromatic heterocycles. The van der Waals surface area contributed by atoms with Gasteiger partial charge in [0.1, 0.15) is 11.6 Å². The van der Waals surface area contributed by atoms with Gasteiger partial charge in [0.05, 0.1) is 23.2 Å². The molecule has 0 fully saturated rings. The van der Waals surface area contributed by atoms with Crippen LogP contribution in [0.1, 0.15) is 17.2 Å². The molecular weight excluding hydrogens is 346 g/mol. The maximum atomic E-state index is 12.2. The molecule has 0 saturated heterocycles. The number of fused-ring (bicyclic) bond motifs is 1. The number of nitrogens with zero attached hydrogens (tertiary/aromatic N) is 4. The molecule has 0 amide bonds. The van der Waals surface area contributed by atoms with Gasteiger partial charge in [-0.1, -0.05) is 54.2 Å². The zero-order valence-corrected chi connectivity index (χ0v) is 15.0. The van der Waals surface area contributed by atoms with Gasteiger partial charge in [0.15, 0.2) is 5.16 Å². The number of hydrogen-bond donors (Lipinski definition) is 1. The Morgan fingerprint density at radius 2 is 1.81 bits per heavy atom. The van der Waals surface area contributed by atoms with Gasteiger partial charge in [0.2, 0.25) is 0 Å². The van der Waals surface area contributed by atoms with Crippen molar-refractivity contribution >= 4 is 22.7 Å². The van der Waals surface area contributed by atoms with E-state index in [1.54, 1.807) is 6.07 Å². The van der Waals surface area contributed by atoms with Crippen molar-refractivity contribution in [2.24, 2.45) is 0 Å². The number of rotatable bonds is 5. The van der Waals surface area contributed by atoms with Crippen LogP contribution in [-0.4, -0.2) is 24.7 Å². The van der Waals surface area contributed by atoms with Crippen LogP contribution in [0.5, 0.6) is 0 Å². The predicted molar refractivity (Wildman–Crippen MR) is 102 cm³/mol. The summed E-state index contributed by atoms with van der Waals surface area (Å²) in [7, 11) is 0. The van der Waals surface area contributed by atoms with Crippen LogP contribution in [0.15, 0.2) is 64.5 Å². The zero-order chi connectivity index (χ0) is 17.9. The van der Waals surface area contributed by atoms with Crippen molar-refractivity contribution < 1.29 is 0 Å². The number of H-pyrrole nitrogens is 1. The van der Waals surface area contributed by atoms with Gasteiger partial charge in [0, 0.05) is 0 Å². The van der Waals surface area contributed by atoms with Crippen molar-refractivity contribution in [3.63, 3.8) is 0 Å². The summed E-state index contributed by atoms with van der Waals surface area (Å²) in [5, 5.41) is 9.87. The van der Waals surface area contributed by atoms with Crippen LogP contribution >= 0.6 is 11.8 Å². The minimum atomic E-state index is -0.117. The van der Waals surface area contributed by atoms with Crippen molar-refractivity contribution in [3.8, 4) is 0 Å². The SMILES string of the molecule is Cc1nnc(SCc2nc3ccccc3c(=O)[nH]2)n1Cc1ccccc1. The standard InChI is InChI=1S/C19H17N5OS/c1-13-22-23-19(24(13)11-14-7-3-2-4-8-14)26-12-17-20-16-10-6-5-9-15(16)18(25)21-17/h2-10H,11-12H2,1H3,(H,20,21,25). The molecule has 0 aliphatic heterocycles. The second-order valence-corrected chi connectivity index (χ2v) is 6.86. The fourth-order valence-electron chi connectivity index (χ4n) is 2.75. The van der Waals surface area contributed by atoms with E-state index in [1.807, 2.05) is 43.3 Å². The summed E-state index contributed by atoms with van der Waals surface area (Å²) in [6.45, 7) is 2.65. The Kier molecular flexibility index (Phi) is 4.53. The molecule has 0 aliphatic rings. The van der Waals surface area contributed by atoms with Crippen LogP contribution in [0.25, 0.3) is 10.9 Å². The zero-order valence-electron chi connectivity index (χ0n) is 14.2. The van der Waals surface area contributed by atoms with E-state index in [1.165, 1.54) is 17.3 Å². The van der Waals surface area contributed by atoms with Crippen molar-refractivity contribution in [3.05, 3.63) is 82.2 Å². The second-order valence-electron chi connectivity index (χ2n) is 5.92. The van der Waals surface area contributed by atoms with Crippen molar-refractivity contribution in [2.75, 3.05) is 0 Å². The molecule has 2 aromatic carbocycles. The van der Waals surface area contributed by atoms with Gasteiger partial charge in [-0.05, 0) is 24.6 Å². The molecule has 26 heavy (non-hydrogen) atoms. The number of para-hydroxylation sites is 1. The first kappa shape index (κ1) is 16.5. The molecule has 0 unspecified atom stereocenters. The molecule has 0 aliphatic carbocycles.